The van der Waals surface area contributed by atoms with Gasteiger partial charge in [-0.3, -0.25) is 4.55 Å². The molecule has 1 aromatic carbocycles. The molecule has 1 rings (SSSR count). The normalized spacial score (nSPS) is 9.60. The van der Waals surface area contributed by atoms with Crippen LogP contribution in [0.4, 0.5) is 4.39 Å². The molecule has 8 heteroatoms. The SMILES string of the molecule is CS(=O)(=O)O.O=C(OCC#CCO)c1ccccc1F. The minimum Gasteiger partial charge on any atom is -0.449 e. The summed E-state index contributed by atoms with van der Waals surface area (Å²) in [6, 6.07) is 5.53. The van der Waals surface area contributed by atoms with E-state index in [-0.39, 0.29) is 18.8 Å². The molecule has 20 heavy (non-hydrogen) atoms. The number of carbonyl (C=O) groups excluding carboxylic acids is 1. The van der Waals surface area contributed by atoms with Crippen LogP contribution in [-0.2, 0) is 14.9 Å². The van der Waals surface area contributed by atoms with Crippen LogP contribution in [0.25, 0.3) is 0 Å². The number of rotatable bonds is 2. The highest BCUT2D eigenvalue weighted by Crippen LogP contribution is 2.07. The van der Waals surface area contributed by atoms with Crippen LogP contribution < -0.4 is 0 Å². The van der Waals surface area contributed by atoms with E-state index < -0.39 is 21.9 Å². The fourth-order valence-corrected chi connectivity index (χ4v) is 0.913. The third-order valence-corrected chi connectivity index (χ3v) is 1.57. The van der Waals surface area contributed by atoms with E-state index in [0.717, 1.165) is 0 Å². The molecule has 0 aliphatic rings. The molecule has 0 radical (unpaired) electrons. The number of ether oxygens (including phenoxy) is 1. The zero-order chi connectivity index (χ0) is 15.6. The number of carbonyl (C=O) groups is 1. The lowest BCUT2D eigenvalue weighted by Crippen LogP contribution is -2.07. The summed E-state index contributed by atoms with van der Waals surface area (Å²) in [6.07, 6.45) is 0.715. The topological polar surface area (TPSA) is 101 Å². The molecule has 6 nitrogen and oxygen atoms in total. The molecule has 0 aliphatic carbocycles. The van der Waals surface area contributed by atoms with Crippen LogP contribution in [0.2, 0.25) is 0 Å². The maximum Gasteiger partial charge on any atom is 0.342 e. The van der Waals surface area contributed by atoms with Crippen LogP contribution in [0.1, 0.15) is 10.4 Å². The Morgan fingerprint density at radius 1 is 1.35 bits per heavy atom. The lowest BCUT2D eigenvalue weighted by Gasteiger charge is -2.01. The molecule has 0 fully saturated rings. The van der Waals surface area contributed by atoms with E-state index in [0.29, 0.717) is 6.26 Å². The molecule has 2 N–H and O–H groups in total. The Hall–Kier alpha value is -1.95. The molecule has 0 amide bonds. The molecule has 0 saturated carbocycles. The van der Waals surface area contributed by atoms with Gasteiger partial charge in [0.25, 0.3) is 10.1 Å². The molecule has 0 unspecified atom stereocenters. The van der Waals surface area contributed by atoms with Crippen LogP contribution in [0, 0.1) is 17.7 Å². The van der Waals surface area contributed by atoms with Gasteiger partial charge < -0.3 is 9.84 Å². The smallest absolute Gasteiger partial charge is 0.342 e. The standard InChI is InChI=1S/C11H9FO3.CH4O3S/c12-10-6-2-1-5-9(10)11(14)15-8-4-3-7-13;1-5(2,3)4/h1-2,5-6,13H,7-8H2;1H3,(H,2,3,4). The number of halogens is 1. The van der Waals surface area contributed by atoms with Gasteiger partial charge in [-0.25, -0.2) is 9.18 Å². The number of esters is 1. The summed E-state index contributed by atoms with van der Waals surface area (Å²) in [7, 11) is -3.67. The van der Waals surface area contributed by atoms with Gasteiger partial charge >= 0.3 is 5.97 Å². The van der Waals surface area contributed by atoms with E-state index in [2.05, 4.69) is 16.6 Å². The Morgan fingerprint density at radius 3 is 2.40 bits per heavy atom. The summed E-state index contributed by atoms with van der Waals surface area (Å²) in [5, 5.41) is 8.32. The van der Waals surface area contributed by atoms with Crippen molar-refractivity contribution >= 4 is 16.1 Å². The molecule has 0 saturated heterocycles. The number of aliphatic hydroxyl groups excluding tert-OH is 1. The van der Waals surface area contributed by atoms with Gasteiger partial charge in [-0.05, 0) is 12.1 Å². The second-order valence-electron chi connectivity index (χ2n) is 3.30. The second-order valence-corrected chi connectivity index (χ2v) is 4.77. The third-order valence-electron chi connectivity index (χ3n) is 1.57. The van der Waals surface area contributed by atoms with Crippen molar-refractivity contribution in [2.75, 3.05) is 19.5 Å². The zero-order valence-corrected chi connectivity index (χ0v) is 11.4. The van der Waals surface area contributed by atoms with Gasteiger partial charge in [0.15, 0.2) is 6.61 Å². The first kappa shape index (κ1) is 18.0. The van der Waals surface area contributed by atoms with E-state index in [1.165, 1.54) is 18.2 Å². The predicted octanol–water partition coefficient (Wildman–Crippen LogP) is 0.482. The molecule has 0 spiro atoms. The highest BCUT2D eigenvalue weighted by Gasteiger charge is 2.10. The Kier molecular flexibility index (Phi) is 8.15. The van der Waals surface area contributed by atoms with Gasteiger partial charge in [-0.2, -0.15) is 8.42 Å². The molecule has 0 atom stereocenters. The highest BCUT2D eigenvalue weighted by molar-refractivity contribution is 7.85. The largest absolute Gasteiger partial charge is 0.449 e. The summed E-state index contributed by atoms with van der Waals surface area (Å²) in [4.78, 5) is 11.2. The molecule has 1 aromatic rings. The van der Waals surface area contributed by atoms with Gasteiger partial charge in [-0.1, -0.05) is 24.0 Å². The second kappa shape index (κ2) is 9.03. The molecule has 0 heterocycles. The van der Waals surface area contributed by atoms with Crippen molar-refractivity contribution in [3.8, 4) is 11.8 Å². The monoisotopic (exact) mass is 304 g/mol. The van der Waals surface area contributed by atoms with Crippen molar-refractivity contribution in [2.45, 2.75) is 0 Å². The van der Waals surface area contributed by atoms with Gasteiger partial charge in [0.1, 0.15) is 12.4 Å². The number of hydrogen-bond donors (Lipinski definition) is 2. The Balaban J connectivity index is 0.000000621. The zero-order valence-electron chi connectivity index (χ0n) is 10.5. The van der Waals surface area contributed by atoms with E-state index in [1.54, 1.807) is 6.07 Å². The summed E-state index contributed by atoms with van der Waals surface area (Å²) in [5.74, 6) is 3.30. The third kappa shape index (κ3) is 10.0. The molecule has 0 aliphatic heterocycles. The van der Waals surface area contributed by atoms with Crippen molar-refractivity contribution in [3.63, 3.8) is 0 Å². The van der Waals surface area contributed by atoms with E-state index in [4.69, 9.17) is 9.66 Å². The average Bonchev–Trinajstić information content (AvgIpc) is 2.33. The Labute approximate surface area is 115 Å². The van der Waals surface area contributed by atoms with Gasteiger partial charge in [-0.15, -0.1) is 0 Å². The summed E-state index contributed by atoms with van der Waals surface area (Å²) < 4.78 is 43.6. The van der Waals surface area contributed by atoms with Crippen molar-refractivity contribution in [2.24, 2.45) is 0 Å². The van der Waals surface area contributed by atoms with Crippen molar-refractivity contribution in [1.82, 2.24) is 0 Å². The maximum atomic E-state index is 13.0. The number of benzene rings is 1. The fraction of sp³-hybridized carbons (Fsp3) is 0.250. The van der Waals surface area contributed by atoms with E-state index in [1.807, 2.05) is 0 Å². The Morgan fingerprint density at radius 2 is 1.90 bits per heavy atom. The van der Waals surface area contributed by atoms with Crippen LogP contribution in [0.5, 0.6) is 0 Å². The van der Waals surface area contributed by atoms with Gasteiger partial charge in [0, 0.05) is 0 Å². The summed E-state index contributed by atoms with van der Waals surface area (Å²) in [6.45, 7) is -0.453. The van der Waals surface area contributed by atoms with E-state index >= 15 is 0 Å². The van der Waals surface area contributed by atoms with Crippen LogP contribution >= 0.6 is 0 Å². The van der Waals surface area contributed by atoms with Gasteiger partial charge in [0.05, 0.1) is 11.8 Å². The molecule has 110 valence electrons. The Bertz CT molecular complexity index is 592. The van der Waals surface area contributed by atoms with Crippen molar-refractivity contribution < 1.29 is 32.0 Å². The lowest BCUT2D eigenvalue weighted by atomic mass is 10.2. The number of hydrogen-bond acceptors (Lipinski definition) is 5. The fourth-order valence-electron chi connectivity index (χ4n) is 0.913. The van der Waals surface area contributed by atoms with E-state index in [9.17, 15) is 17.6 Å². The molecular weight excluding hydrogens is 291 g/mol. The first-order valence-corrected chi connectivity index (χ1v) is 7.01. The summed E-state index contributed by atoms with van der Waals surface area (Å²) >= 11 is 0. The minimum absolute atomic E-state index is 0.122. The van der Waals surface area contributed by atoms with Crippen LogP contribution in [0.15, 0.2) is 24.3 Å². The lowest BCUT2D eigenvalue weighted by molar-refractivity contribution is 0.0551. The van der Waals surface area contributed by atoms with Gasteiger partial charge in [0.2, 0.25) is 0 Å². The molecule has 0 bridgehead atoms. The first-order valence-electron chi connectivity index (χ1n) is 5.16. The maximum absolute atomic E-state index is 13.0. The molecular formula is C12H13FO6S. The molecule has 0 aromatic heterocycles. The average molecular weight is 304 g/mol. The van der Waals surface area contributed by atoms with Crippen molar-refractivity contribution in [1.29, 1.82) is 0 Å². The van der Waals surface area contributed by atoms with Crippen LogP contribution in [-0.4, -0.2) is 43.5 Å². The quantitative estimate of drug-likeness (QED) is 0.468. The van der Waals surface area contributed by atoms with Crippen molar-refractivity contribution in [3.05, 3.63) is 35.6 Å². The highest BCUT2D eigenvalue weighted by atomic mass is 32.2. The van der Waals surface area contributed by atoms with Crippen LogP contribution in [0.3, 0.4) is 0 Å². The first-order chi connectivity index (χ1) is 9.25. The summed E-state index contributed by atoms with van der Waals surface area (Å²) in [5.41, 5.74) is -0.122. The predicted molar refractivity (Wildman–Crippen MR) is 69.0 cm³/mol. The number of aliphatic hydroxyl groups is 1. The minimum atomic E-state index is -3.67.